The molecule has 1 rings (SSSR count). The highest BCUT2D eigenvalue weighted by atomic mass is 16.4. The Bertz CT molecular complexity index is 394. The Kier molecular flexibility index (Phi) is 7.65. The maximum atomic E-state index is 12.1. The van der Waals surface area contributed by atoms with Gasteiger partial charge in [0.2, 0.25) is 11.8 Å². The summed E-state index contributed by atoms with van der Waals surface area (Å²) in [6.45, 7) is 4.75. The number of nitrogens with one attached hydrogen (secondary N) is 4. The molecule has 3 amide bonds. The minimum absolute atomic E-state index is 0.0198. The highest BCUT2D eigenvalue weighted by Gasteiger charge is 2.27. The standard InChI is InChI=1S/C14H26N4O4/c1-9(2)17-13(20)11(6-4-8-16-14(21)22)18-12(19)10-5-3-7-15-10/h9-11,15-16H,3-8H2,1-2H3,(H,17,20)(H,18,19)(H,21,22)/t10-,11-/m0/s1. The second kappa shape index (κ2) is 9.24. The van der Waals surface area contributed by atoms with Crippen LogP contribution >= 0.6 is 0 Å². The van der Waals surface area contributed by atoms with Crippen LogP contribution in [-0.4, -0.2) is 54.2 Å². The molecule has 2 atom stereocenters. The number of carbonyl (C=O) groups excluding carboxylic acids is 2. The Balaban J connectivity index is 2.50. The molecule has 8 nitrogen and oxygen atoms in total. The van der Waals surface area contributed by atoms with Gasteiger partial charge in [0.1, 0.15) is 6.04 Å². The molecule has 1 fully saturated rings. The number of hydrogen-bond donors (Lipinski definition) is 5. The van der Waals surface area contributed by atoms with Gasteiger partial charge >= 0.3 is 6.09 Å². The van der Waals surface area contributed by atoms with E-state index >= 15 is 0 Å². The van der Waals surface area contributed by atoms with E-state index in [1.807, 2.05) is 13.8 Å². The first-order chi connectivity index (χ1) is 10.4. The Morgan fingerprint density at radius 2 is 2.00 bits per heavy atom. The topological polar surface area (TPSA) is 120 Å². The molecule has 5 N–H and O–H groups in total. The van der Waals surface area contributed by atoms with E-state index in [-0.39, 0.29) is 30.4 Å². The lowest BCUT2D eigenvalue weighted by molar-refractivity contribution is -0.130. The smallest absolute Gasteiger partial charge is 0.404 e. The van der Waals surface area contributed by atoms with Gasteiger partial charge in [-0.3, -0.25) is 9.59 Å². The quantitative estimate of drug-likeness (QED) is 0.397. The van der Waals surface area contributed by atoms with Crippen molar-refractivity contribution in [2.24, 2.45) is 0 Å². The molecule has 1 aliphatic heterocycles. The Hall–Kier alpha value is -1.83. The second-order valence-electron chi connectivity index (χ2n) is 5.75. The SMILES string of the molecule is CC(C)NC(=O)[C@H](CCCNC(=O)O)NC(=O)[C@@H]1CCCN1. The Morgan fingerprint density at radius 1 is 1.27 bits per heavy atom. The molecule has 1 heterocycles. The molecule has 126 valence electrons. The Labute approximate surface area is 130 Å². The van der Waals surface area contributed by atoms with Crippen LogP contribution in [0.15, 0.2) is 0 Å². The van der Waals surface area contributed by atoms with Crippen LogP contribution in [0.4, 0.5) is 4.79 Å². The summed E-state index contributed by atoms with van der Waals surface area (Å²) in [4.78, 5) is 34.7. The summed E-state index contributed by atoms with van der Waals surface area (Å²) in [7, 11) is 0. The first-order valence-corrected chi connectivity index (χ1v) is 7.71. The third-order valence-electron chi connectivity index (χ3n) is 3.39. The molecule has 0 aromatic carbocycles. The summed E-state index contributed by atoms with van der Waals surface area (Å²) in [5.74, 6) is -0.413. The lowest BCUT2D eigenvalue weighted by Gasteiger charge is -2.21. The van der Waals surface area contributed by atoms with E-state index in [1.165, 1.54) is 0 Å². The zero-order valence-corrected chi connectivity index (χ0v) is 13.1. The largest absolute Gasteiger partial charge is 0.465 e. The average Bonchev–Trinajstić information content (AvgIpc) is 2.94. The predicted molar refractivity (Wildman–Crippen MR) is 81.5 cm³/mol. The fourth-order valence-corrected chi connectivity index (χ4v) is 2.34. The second-order valence-corrected chi connectivity index (χ2v) is 5.75. The molecule has 0 aromatic heterocycles. The fourth-order valence-electron chi connectivity index (χ4n) is 2.34. The molecule has 0 spiro atoms. The van der Waals surface area contributed by atoms with Gasteiger partial charge in [-0.15, -0.1) is 0 Å². The van der Waals surface area contributed by atoms with Gasteiger partial charge in [-0.1, -0.05) is 0 Å². The van der Waals surface area contributed by atoms with Crippen molar-refractivity contribution < 1.29 is 19.5 Å². The zero-order chi connectivity index (χ0) is 16.5. The maximum absolute atomic E-state index is 12.1. The fraction of sp³-hybridized carbons (Fsp3) is 0.786. The van der Waals surface area contributed by atoms with Gasteiger partial charge in [0.05, 0.1) is 6.04 Å². The van der Waals surface area contributed by atoms with Crippen LogP contribution in [-0.2, 0) is 9.59 Å². The van der Waals surface area contributed by atoms with Crippen molar-refractivity contribution in [1.29, 1.82) is 0 Å². The van der Waals surface area contributed by atoms with Crippen LogP contribution in [0.25, 0.3) is 0 Å². The minimum Gasteiger partial charge on any atom is -0.465 e. The third-order valence-corrected chi connectivity index (χ3v) is 3.39. The molecular formula is C14H26N4O4. The molecule has 0 saturated carbocycles. The van der Waals surface area contributed by atoms with Crippen molar-refractivity contribution in [3.63, 3.8) is 0 Å². The van der Waals surface area contributed by atoms with Crippen molar-refractivity contribution in [2.75, 3.05) is 13.1 Å². The number of carboxylic acid groups (broad SMARTS) is 1. The minimum atomic E-state index is -1.10. The van der Waals surface area contributed by atoms with Crippen molar-refractivity contribution in [2.45, 2.75) is 57.7 Å². The molecular weight excluding hydrogens is 288 g/mol. The van der Waals surface area contributed by atoms with Gasteiger partial charge in [0, 0.05) is 12.6 Å². The average molecular weight is 314 g/mol. The third kappa shape index (κ3) is 6.75. The zero-order valence-electron chi connectivity index (χ0n) is 13.1. The Morgan fingerprint density at radius 3 is 2.55 bits per heavy atom. The highest BCUT2D eigenvalue weighted by Crippen LogP contribution is 2.06. The van der Waals surface area contributed by atoms with Crippen LogP contribution < -0.4 is 21.3 Å². The first-order valence-electron chi connectivity index (χ1n) is 7.71. The number of amides is 3. The lowest BCUT2D eigenvalue weighted by atomic mass is 10.1. The van der Waals surface area contributed by atoms with Crippen LogP contribution in [0, 0.1) is 0 Å². The van der Waals surface area contributed by atoms with E-state index in [9.17, 15) is 14.4 Å². The van der Waals surface area contributed by atoms with E-state index in [2.05, 4.69) is 21.3 Å². The summed E-state index contributed by atoms with van der Waals surface area (Å²) in [6, 6.07) is -0.909. The number of carbonyl (C=O) groups is 3. The van der Waals surface area contributed by atoms with Crippen LogP contribution in [0.3, 0.4) is 0 Å². The van der Waals surface area contributed by atoms with E-state index in [0.717, 1.165) is 19.4 Å². The predicted octanol–water partition coefficient (Wildman–Crippen LogP) is -0.204. The molecule has 0 aromatic rings. The van der Waals surface area contributed by atoms with E-state index in [1.54, 1.807) is 0 Å². The highest BCUT2D eigenvalue weighted by molar-refractivity contribution is 5.90. The molecule has 1 aliphatic rings. The van der Waals surface area contributed by atoms with E-state index in [0.29, 0.717) is 12.8 Å². The van der Waals surface area contributed by atoms with Crippen LogP contribution in [0.1, 0.15) is 39.5 Å². The lowest BCUT2D eigenvalue weighted by Crippen LogP contribution is -2.52. The molecule has 0 unspecified atom stereocenters. The number of hydrogen-bond acceptors (Lipinski definition) is 4. The van der Waals surface area contributed by atoms with E-state index < -0.39 is 12.1 Å². The van der Waals surface area contributed by atoms with Crippen LogP contribution in [0.2, 0.25) is 0 Å². The van der Waals surface area contributed by atoms with Gasteiger partial charge in [-0.25, -0.2) is 4.79 Å². The summed E-state index contributed by atoms with van der Waals surface area (Å²) in [5, 5.41) is 19.4. The normalized spacial score (nSPS) is 18.8. The van der Waals surface area contributed by atoms with Gasteiger partial charge < -0.3 is 26.4 Å². The van der Waals surface area contributed by atoms with Gasteiger partial charge in [-0.05, 0) is 46.1 Å². The summed E-state index contributed by atoms with van der Waals surface area (Å²) >= 11 is 0. The summed E-state index contributed by atoms with van der Waals surface area (Å²) < 4.78 is 0. The molecule has 0 aliphatic carbocycles. The van der Waals surface area contributed by atoms with Gasteiger partial charge in [0.15, 0.2) is 0 Å². The molecule has 0 bridgehead atoms. The maximum Gasteiger partial charge on any atom is 0.404 e. The monoisotopic (exact) mass is 314 g/mol. The summed E-state index contributed by atoms with van der Waals surface area (Å²) in [5.41, 5.74) is 0. The van der Waals surface area contributed by atoms with Crippen molar-refractivity contribution in [3.8, 4) is 0 Å². The van der Waals surface area contributed by atoms with Crippen molar-refractivity contribution in [1.82, 2.24) is 21.3 Å². The van der Waals surface area contributed by atoms with Gasteiger partial charge in [-0.2, -0.15) is 0 Å². The molecule has 0 radical (unpaired) electrons. The summed E-state index contributed by atoms with van der Waals surface area (Å²) in [6.07, 6.45) is 1.48. The molecule has 1 saturated heterocycles. The first kappa shape index (κ1) is 18.2. The van der Waals surface area contributed by atoms with Gasteiger partial charge in [0.25, 0.3) is 0 Å². The van der Waals surface area contributed by atoms with Crippen molar-refractivity contribution in [3.05, 3.63) is 0 Å². The van der Waals surface area contributed by atoms with Crippen molar-refractivity contribution >= 4 is 17.9 Å². The molecule has 22 heavy (non-hydrogen) atoms. The van der Waals surface area contributed by atoms with E-state index in [4.69, 9.17) is 5.11 Å². The van der Waals surface area contributed by atoms with Crippen LogP contribution in [0.5, 0.6) is 0 Å². The molecule has 8 heteroatoms. The number of rotatable bonds is 8.